The van der Waals surface area contributed by atoms with Gasteiger partial charge in [-0.1, -0.05) is 24.3 Å². The van der Waals surface area contributed by atoms with Gasteiger partial charge in [0, 0.05) is 19.6 Å². The zero-order chi connectivity index (χ0) is 14.2. The molecule has 0 radical (unpaired) electrons. The van der Waals surface area contributed by atoms with Gasteiger partial charge in [-0.25, -0.2) is 0 Å². The van der Waals surface area contributed by atoms with Gasteiger partial charge in [0.2, 0.25) is 0 Å². The quantitative estimate of drug-likeness (QED) is 0.781. The van der Waals surface area contributed by atoms with Crippen LogP contribution < -0.4 is 4.74 Å². The molecule has 5 heteroatoms. The number of hydrogen-bond donors (Lipinski definition) is 1. The highest BCUT2D eigenvalue weighted by atomic mass is 35.5. The summed E-state index contributed by atoms with van der Waals surface area (Å²) in [5.41, 5.74) is 1.10. The Morgan fingerprint density at radius 2 is 2.05 bits per heavy atom. The van der Waals surface area contributed by atoms with E-state index in [0.717, 1.165) is 44.0 Å². The van der Waals surface area contributed by atoms with Gasteiger partial charge >= 0.3 is 0 Å². The molecule has 1 aliphatic heterocycles. The van der Waals surface area contributed by atoms with Crippen LogP contribution in [-0.4, -0.2) is 55.6 Å². The highest BCUT2D eigenvalue weighted by Gasteiger charge is 2.15. The fourth-order valence-electron chi connectivity index (χ4n) is 2.29. The molecule has 1 N–H and O–H groups in total. The summed E-state index contributed by atoms with van der Waals surface area (Å²) in [5, 5.41) is 10.1. The minimum Gasteiger partial charge on any atom is -0.491 e. The average molecular weight is 314 g/mol. The van der Waals surface area contributed by atoms with Crippen LogP contribution in [0.2, 0.25) is 0 Å². The number of benzene rings is 1. The third kappa shape index (κ3) is 6.06. The number of hydrogen-bond acceptors (Lipinski definition) is 4. The average Bonchev–Trinajstić information content (AvgIpc) is 2.48. The number of ether oxygens (including phenoxy) is 2. The summed E-state index contributed by atoms with van der Waals surface area (Å²) in [7, 11) is 0. The maximum atomic E-state index is 10.1. The van der Waals surface area contributed by atoms with E-state index < -0.39 is 6.10 Å². The van der Waals surface area contributed by atoms with Crippen molar-refractivity contribution in [1.82, 2.24) is 4.90 Å². The Balaban J connectivity index is 0.00000220. The van der Waals surface area contributed by atoms with Crippen molar-refractivity contribution < 1.29 is 14.6 Å². The highest BCUT2D eigenvalue weighted by Crippen LogP contribution is 2.19. The summed E-state index contributed by atoms with van der Waals surface area (Å²) in [4.78, 5) is 2.20. The van der Waals surface area contributed by atoms with Gasteiger partial charge in [0.15, 0.2) is 0 Å². The van der Waals surface area contributed by atoms with Gasteiger partial charge in [0.25, 0.3) is 0 Å². The summed E-state index contributed by atoms with van der Waals surface area (Å²) in [6.07, 6.45) is 2.15. The Kier molecular flexibility index (Phi) is 8.38. The molecule has 118 valence electrons. The van der Waals surface area contributed by atoms with Crippen LogP contribution in [0, 0.1) is 0 Å². The fourth-order valence-corrected chi connectivity index (χ4v) is 2.29. The van der Waals surface area contributed by atoms with Crippen molar-refractivity contribution in [1.29, 1.82) is 0 Å². The molecule has 0 aliphatic carbocycles. The summed E-state index contributed by atoms with van der Waals surface area (Å²) in [6.45, 7) is 7.94. The van der Waals surface area contributed by atoms with Crippen molar-refractivity contribution in [2.45, 2.75) is 12.5 Å². The van der Waals surface area contributed by atoms with Crippen molar-refractivity contribution in [3.8, 4) is 5.75 Å². The third-order valence-electron chi connectivity index (χ3n) is 3.34. The number of rotatable bonds is 7. The summed E-state index contributed by atoms with van der Waals surface area (Å²) >= 11 is 0. The van der Waals surface area contributed by atoms with Gasteiger partial charge in [-0.3, -0.25) is 4.90 Å². The van der Waals surface area contributed by atoms with E-state index in [9.17, 15) is 5.11 Å². The number of aliphatic hydroxyl groups excluding tert-OH is 1. The Morgan fingerprint density at radius 1 is 1.33 bits per heavy atom. The molecular weight excluding hydrogens is 290 g/mol. The van der Waals surface area contributed by atoms with Crippen LogP contribution in [0.4, 0.5) is 0 Å². The number of allylic oxidation sites excluding steroid dienone is 1. The predicted molar refractivity (Wildman–Crippen MR) is 86.4 cm³/mol. The van der Waals surface area contributed by atoms with Crippen LogP contribution in [0.15, 0.2) is 36.9 Å². The van der Waals surface area contributed by atoms with E-state index in [1.165, 1.54) is 0 Å². The first kappa shape index (κ1) is 18.0. The Hall–Kier alpha value is -1.07. The molecule has 1 fully saturated rings. The van der Waals surface area contributed by atoms with Gasteiger partial charge < -0.3 is 14.6 Å². The second-order valence-electron chi connectivity index (χ2n) is 4.98. The van der Waals surface area contributed by atoms with Crippen molar-refractivity contribution in [2.75, 3.05) is 39.5 Å². The lowest BCUT2D eigenvalue weighted by Gasteiger charge is -2.28. The Labute approximate surface area is 132 Å². The number of morpholine rings is 1. The highest BCUT2D eigenvalue weighted by molar-refractivity contribution is 5.85. The van der Waals surface area contributed by atoms with Crippen molar-refractivity contribution in [2.24, 2.45) is 0 Å². The first-order valence-electron chi connectivity index (χ1n) is 7.09. The van der Waals surface area contributed by atoms with E-state index in [4.69, 9.17) is 9.47 Å². The third-order valence-corrected chi connectivity index (χ3v) is 3.34. The molecule has 0 saturated carbocycles. The van der Waals surface area contributed by atoms with E-state index in [-0.39, 0.29) is 12.4 Å². The molecule has 1 aromatic rings. The van der Waals surface area contributed by atoms with Gasteiger partial charge in [0.1, 0.15) is 18.5 Å². The molecule has 2 rings (SSSR count). The predicted octanol–water partition coefficient (Wildman–Crippen LogP) is 1.91. The first-order valence-corrected chi connectivity index (χ1v) is 7.09. The van der Waals surface area contributed by atoms with Crippen LogP contribution >= 0.6 is 12.4 Å². The maximum Gasteiger partial charge on any atom is 0.122 e. The lowest BCUT2D eigenvalue weighted by molar-refractivity contribution is 0.00459. The van der Waals surface area contributed by atoms with Gasteiger partial charge in [-0.2, -0.15) is 0 Å². The summed E-state index contributed by atoms with van der Waals surface area (Å²) in [5.74, 6) is 0.827. The normalized spacial score (nSPS) is 16.8. The van der Waals surface area contributed by atoms with E-state index in [2.05, 4.69) is 11.5 Å². The SMILES string of the molecule is C=CCc1ccccc1OCC(O)CN1CCOCC1.Cl. The van der Waals surface area contributed by atoms with Gasteiger partial charge in [-0.15, -0.1) is 19.0 Å². The van der Waals surface area contributed by atoms with Crippen LogP contribution in [0.5, 0.6) is 5.75 Å². The zero-order valence-electron chi connectivity index (χ0n) is 12.2. The van der Waals surface area contributed by atoms with Crippen LogP contribution in [0.3, 0.4) is 0 Å². The van der Waals surface area contributed by atoms with Crippen molar-refractivity contribution >= 4 is 12.4 Å². The van der Waals surface area contributed by atoms with Crippen LogP contribution in [0.1, 0.15) is 5.56 Å². The molecule has 1 heterocycles. The number of para-hydroxylation sites is 1. The molecule has 0 amide bonds. The molecule has 0 bridgehead atoms. The second kappa shape index (κ2) is 9.79. The molecule has 1 aromatic carbocycles. The summed E-state index contributed by atoms with van der Waals surface area (Å²) in [6, 6.07) is 7.87. The molecule has 1 aliphatic rings. The molecule has 1 atom stereocenters. The largest absolute Gasteiger partial charge is 0.491 e. The van der Waals surface area contributed by atoms with Gasteiger partial charge in [-0.05, 0) is 18.1 Å². The maximum absolute atomic E-state index is 10.1. The minimum absolute atomic E-state index is 0. The lowest BCUT2D eigenvalue weighted by atomic mass is 10.1. The molecule has 4 nitrogen and oxygen atoms in total. The Bertz CT molecular complexity index is 422. The number of aliphatic hydroxyl groups is 1. The molecule has 1 saturated heterocycles. The number of halogens is 1. The monoisotopic (exact) mass is 313 g/mol. The zero-order valence-corrected chi connectivity index (χ0v) is 13.1. The minimum atomic E-state index is -0.482. The standard InChI is InChI=1S/C16H23NO3.ClH/c1-2-5-14-6-3-4-7-16(14)20-13-15(18)12-17-8-10-19-11-9-17;/h2-4,6-7,15,18H,1,5,8-13H2;1H. The topological polar surface area (TPSA) is 41.9 Å². The van der Waals surface area contributed by atoms with E-state index in [1.54, 1.807) is 0 Å². The first-order chi connectivity index (χ1) is 9.79. The lowest BCUT2D eigenvalue weighted by Crippen LogP contribution is -2.42. The molecule has 21 heavy (non-hydrogen) atoms. The van der Waals surface area contributed by atoms with Crippen LogP contribution in [0.25, 0.3) is 0 Å². The molecule has 0 spiro atoms. The van der Waals surface area contributed by atoms with Crippen LogP contribution in [-0.2, 0) is 11.2 Å². The second-order valence-corrected chi connectivity index (χ2v) is 4.98. The number of β-amino-alcohol motifs (C(OH)–C–C–N with tert-alkyl or cyclic N) is 1. The fraction of sp³-hybridized carbons (Fsp3) is 0.500. The van der Waals surface area contributed by atoms with Gasteiger partial charge in [0.05, 0.1) is 13.2 Å². The number of nitrogens with zero attached hydrogens (tertiary/aromatic N) is 1. The molecule has 0 aromatic heterocycles. The smallest absolute Gasteiger partial charge is 0.122 e. The van der Waals surface area contributed by atoms with Crippen molar-refractivity contribution in [3.05, 3.63) is 42.5 Å². The van der Waals surface area contributed by atoms with E-state index in [0.29, 0.717) is 13.2 Å². The Morgan fingerprint density at radius 3 is 2.76 bits per heavy atom. The summed E-state index contributed by atoms with van der Waals surface area (Å²) < 4.78 is 11.0. The molecule has 1 unspecified atom stereocenters. The van der Waals surface area contributed by atoms with Crippen molar-refractivity contribution in [3.63, 3.8) is 0 Å². The molecular formula is C16H24ClNO3. The van der Waals surface area contributed by atoms with E-state index in [1.807, 2.05) is 30.3 Å². The van der Waals surface area contributed by atoms with E-state index >= 15 is 0 Å².